The van der Waals surface area contributed by atoms with Crippen molar-refractivity contribution in [2.24, 2.45) is 0 Å². The van der Waals surface area contributed by atoms with E-state index in [0.29, 0.717) is 12.1 Å². The van der Waals surface area contributed by atoms with Crippen LogP contribution in [0.1, 0.15) is 21.9 Å². The normalized spacial score (nSPS) is 10.3. The lowest BCUT2D eigenvalue weighted by Gasteiger charge is -2.14. The highest BCUT2D eigenvalue weighted by molar-refractivity contribution is 5.99. The number of carbonyl (C=O) groups excluding carboxylic acids is 1. The Morgan fingerprint density at radius 2 is 1.95 bits per heavy atom. The summed E-state index contributed by atoms with van der Waals surface area (Å²) in [7, 11) is 3.49. The van der Waals surface area contributed by atoms with Crippen LogP contribution in [0.5, 0.6) is 0 Å². The Kier molecular flexibility index (Phi) is 3.90. The second-order valence-corrected chi connectivity index (χ2v) is 4.61. The molecule has 1 heterocycles. The van der Waals surface area contributed by atoms with Crippen molar-refractivity contribution in [3.05, 3.63) is 53.5 Å². The first kappa shape index (κ1) is 13.2. The molecule has 2 rings (SSSR count). The molecule has 0 spiro atoms. The average molecular weight is 258 g/mol. The van der Waals surface area contributed by atoms with E-state index in [1.54, 1.807) is 19.0 Å². The number of rotatable bonds is 4. The fraction of sp³-hybridized carbons (Fsp3) is 0.267. The summed E-state index contributed by atoms with van der Waals surface area (Å²) >= 11 is 0. The third kappa shape index (κ3) is 3.16. The van der Waals surface area contributed by atoms with Crippen molar-refractivity contribution in [3.8, 4) is 0 Å². The molecule has 0 saturated carbocycles. The predicted molar refractivity (Wildman–Crippen MR) is 75.2 cm³/mol. The molecule has 0 unspecified atom stereocenters. The number of anilines is 1. The molecule has 19 heavy (non-hydrogen) atoms. The number of hydrogen-bond acceptors (Lipinski definition) is 3. The van der Waals surface area contributed by atoms with Crippen LogP contribution in [0.2, 0.25) is 0 Å². The summed E-state index contributed by atoms with van der Waals surface area (Å²) < 4.78 is 5.50. The molecule has 1 N–H and O–H groups in total. The van der Waals surface area contributed by atoms with Gasteiger partial charge in [0.2, 0.25) is 0 Å². The Morgan fingerprint density at radius 3 is 2.58 bits per heavy atom. The van der Waals surface area contributed by atoms with Gasteiger partial charge in [-0.1, -0.05) is 12.1 Å². The van der Waals surface area contributed by atoms with Crippen molar-refractivity contribution in [1.82, 2.24) is 4.90 Å². The molecule has 2 aromatic rings. The van der Waals surface area contributed by atoms with E-state index in [2.05, 4.69) is 5.32 Å². The molecule has 1 aromatic carbocycles. The summed E-state index contributed by atoms with van der Waals surface area (Å²) in [5, 5.41) is 3.24. The average Bonchev–Trinajstić information content (AvgIpc) is 2.81. The highest BCUT2D eigenvalue weighted by Crippen LogP contribution is 2.18. The number of para-hydroxylation sites is 1. The minimum Gasteiger partial charge on any atom is -0.465 e. The van der Waals surface area contributed by atoms with Gasteiger partial charge in [-0.15, -0.1) is 0 Å². The summed E-state index contributed by atoms with van der Waals surface area (Å²) in [5.41, 5.74) is 1.48. The topological polar surface area (TPSA) is 45.5 Å². The van der Waals surface area contributed by atoms with Gasteiger partial charge in [0, 0.05) is 19.8 Å². The van der Waals surface area contributed by atoms with Crippen LogP contribution in [-0.4, -0.2) is 24.9 Å². The van der Waals surface area contributed by atoms with Gasteiger partial charge >= 0.3 is 0 Å². The third-order valence-corrected chi connectivity index (χ3v) is 2.81. The third-order valence-electron chi connectivity index (χ3n) is 2.81. The molecule has 0 aliphatic heterocycles. The second kappa shape index (κ2) is 5.61. The zero-order chi connectivity index (χ0) is 13.8. The molecule has 0 saturated heterocycles. The minimum atomic E-state index is -0.0151. The SMILES string of the molecule is Cc1ccc(CNc2ccccc2C(=O)N(C)C)o1. The molecule has 0 fully saturated rings. The first-order valence-corrected chi connectivity index (χ1v) is 6.18. The maximum atomic E-state index is 12.0. The number of amides is 1. The maximum absolute atomic E-state index is 12.0. The number of nitrogens with one attached hydrogen (secondary N) is 1. The Bertz CT molecular complexity index is 573. The first-order chi connectivity index (χ1) is 9.08. The van der Waals surface area contributed by atoms with Gasteiger partial charge in [0.25, 0.3) is 5.91 Å². The number of benzene rings is 1. The summed E-state index contributed by atoms with van der Waals surface area (Å²) in [5.74, 6) is 1.72. The Labute approximate surface area is 113 Å². The number of nitrogens with zero attached hydrogens (tertiary/aromatic N) is 1. The van der Waals surface area contributed by atoms with Crippen molar-refractivity contribution in [2.45, 2.75) is 13.5 Å². The fourth-order valence-corrected chi connectivity index (χ4v) is 1.83. The molecule has 100 valence electrons. The summed E-state index contributed by atoms with van der Waals surface area (Å²) in [6, 6.07) is 11.3. The van der Waals surface area contributed by atoms with Gasteiger partial charge in [-0.2, -0.15) is 0 Å². The van der Waals surface area contributed by atoms with Gasteiger partial charge in [-0.25, -0.2) is 0 Å². The minimum absolute atomic E-state index is 0.0151. The maximum Gasteiger partial charge on any atom is 0.255 e. The first-order valence-electron chi connectivity index (χ1n) is 6.18. The molecular formula is C15H18N2O2. The van der Waals surface area contributed by atoms with Crippen LogP contribution in [0, 0.1) is 6.92 Å². The fourth-order valence-electron chi connectivity index (χ4n) is 1.83. The van der Waals surface area contributed by atoms with E-state index in [4.69, 9.17) is 4.42 Å². The van der Waals surface area contributed by atoms with Gasteiger partial charge in [0.1, 0.15) is 11.5 Å². The van der Waals surface area contributed by atoms with Gasteiger partial charge in [-0.05, 0) is 31.2 Å². The Hall–Kier alpha value is -2.23. The van der Waals surface area contributed by atoms with Gasteiger partial charge in [0.05, 0.1) is 12.1 Å². The van der Waals surface area contributed by atoms with Gasteiger partial charge in [0.15, 0.2) is 0 Å². The summed E-state index contributed by atoms with van der Waals surface area (Å²) in [4.78, 5) is 13.6. The quantitative estimate of drug-likeness (QED) is 0.917. The molecule has 1 aromatic heterocycles. The molecule has 4 heteroatoms. The van der Waals surface area contributed by atoms with Crippen molar-refractivity contribution >= 4 is 11.6 Å². The van der Waals surface area contributed by atoms with Crippen LogP contribution in [0.4, 0.5) is 5.69 Å². The molecule has 0 radical (unpaired) electrons. The van der Waals surface area contributed by atoms with E-state index < -0.39 is 0 Å². The van der Waals surface area contributed by atoms with Crippen molar-refractivity contribution < 1.29 is 9.21 Å². The van der Waals surface area contributed by atoms with Crippen LogP contribution in [0.25, 0.3) is 0 Å². The van der Waals surface area contributed by atoms with Crippen molar-refractivity contribution in [3.63, 3.8) is 0 Å². The monoisotopic (exact) mass is 258 g/mol. The van der Waals surface area contributed by atoms with E-state index in [1.807, 2.05) is 43.3 Å². The molecular weight excluding hydrogens is 240 g/mol. The lowest BCUT2D eigenvalue weighted by molar-refractivity contribution is 0.0828. The predicted octanol–water partition coefficient (Wildman–Crippen LogP) is 2.90. The van der Waals surface area contributed by atoms with E-state index in [-0.39, 0.29) is 5.91 Å². The van der Waals surface area contributed by atoms with E-state index in [1.165, 1.54) is 0 Å². The van der Waals surface area contributed by atoms with E-state index in [0.717, 1.165) is 17.2 Å². The highest BCUT2D eigenvalue weighted by atomic mass is 16.3. The summed E-state index contributed by atoms with van der Waals surface area (Å²) in [6.07, 6.45) is 0. The summed E-state index contributed by atoms with van der Waals surface area (Å²) in [6.45, 7) is 2.47. The molecule has 0 aliphatic rings. The number of carbonyl (C=O) groups is 1. The van der Waals surface area contributed by atoms with Crippen molar-refractivity contribution in [1.29, 1.82) is 0 Å². The van der Waals surface area contributed by atoms with Crippen LogP contribution < -0.4 is 5.32 Å². The van der Waals surface area contributed by atoms with Crippen LogP contribution in [0.3, 0.4) is 0 Å². The van der Waals surface area contributed by atoms with Crippen LogP contribution in [-0.2, 0) is 6.54 Å². The molecule has 0 atom stereocenters. The largest absolute Gasteiger partial charge is 0.465 e. The van der Waals surface area contributed by atoms with Crippen LogP contribution in [0.15, 0.2) is 40.8 Å². The Balaban J connectivity index is 2.14. The highest BCUT2D eigenvalue weighted by Gasteiger charge is 2.12. The van der Waals surface area contributed by atoms with Crippen LogP contribution >= 0.6 is 0 Å². The second-order valence-electron chi connectivity index (χ2n) is 4.61. The Morgan fingerprint density at radius 1 is 1.21 bits per heavy atom. The molecule has 0 aliphatic carbocycles. The lowest BCUT2D eigenvalue weighted by atomic mass is 10.1. The smallest absolute Gasteiger partial charge is 0.255 e. The van der Waals surface area contributed by atoms with E-state index >= 15 is 0 Å². The number of aryl methyl sites for hydroxylation is 1. The van der Waals surface area contributed by atoms with E-state index in [9.17, 15) is 4.79 Å². The zero-order valence-electron chi connectivity index (χ0n) is 11.4. The number of furan rings is 1. The lowest BCUT2D eigenvalue weighted by Crippen LogP contribution is -2.22. The molecule has 4 nitrogen and oxygen atoms in total. The van der Waals surface area contributed by atoms with Crippen molar-refractivity contribution in [2.75, 3.05) is 19.4 Å². The zero-order valence-corrected chi connectivity index (χ0v) is 11.4. The number of hydrogen-bond donors (Lipinski definition) is 1. The van der Waals surface area contributed by atoms with Gasteiger partial charge < -0.3 is 14.6 Å². The molecule has 0 bridgehead atoms. The molecule has 1 amide bonds. The van der Waals surface area contributed by atoms with Gasteiger partial charge in [-0.3, -0.25) is 4.79 Å². The standard InChI is InChI=1S/C15H18N2O2/c1-11-8-9-12(19-11)10-16-14-7-5-4-6-13(14)15(18)17(2)3/h4-9,16H,10H2,1-3H3.